The average molecular weight is 746 g/mol. The largest absolute Gasteiger partial charge is 0.310 e. The first kappa shape index (κ1) is 33.9. The van der Waals surface area contributed by atoms with E-state index in [-0.39, 0.29) is 0 Å². The predicted molar refractivity (Wildman–Crippen MR) is 241 cm³/mol. The Balaban J connectivity index is 0.965. The van der Waals surface area contributed by atoms with E-state index in [4.69, 9.17) is 0 Å². The van der Waals surface area contributed by atoms with Crippen molar-refractivity contribution >= 4 is 27.8 Å². The Morgan fingerprint density at radius 2 is 0.862 bits per heavy atom. The van der Waals surface area contributed by atoms with Crippen molar-refractivity contribution in [3.05, 3.63) is 222 Å². The summed E-state index contributed by atoms with van der Waals surface area (Å²) >= 11 is 0. The number of rotatable bonds is 7. The van der Waals surface area contributed by atoms with Gasteiger partial charge in [0.2, 0.25) is 0 Å². The molecule has 0 N–H and O–H groups in total. The van der Waals surface area contributed by atoms with E-state index < -0.39 is 5.41 Å². The van der Waals surface area contributed by atoms with Crippen LogP contribution in [-0.2, 0) is 10.8 Å². The Morgan fingerprint density at radius 1 is 0.362 bits per heavy atom. The first-order valence-corrected chi connectivity index (χ1v) is 21.5. The molecule has 0 aromatic heterocycles. The summed E-state index contributed by atoms with van der Waals surface area (Å²) in [5.74, 6) is 2.87. The summed E-state index contributed by atoms with van der Waals surface area (Å²) in [6.45, 7) is 0. The maximum absolute atomic E-state index is 2.48. The van der Waals surface area contributed by atoms with Crippen LogP contribution >= 0.6 is 0 Å². The van der Waals surface area contributed by atoms with Crippen LogP contribution in [0.25, 0.3) is 33.0 Å². The molecule has 0 heterocycles. The van der Waals surface area contributed by atoms with Crippen LogP contribution in [-0.4, -0.2) is 0 Å². The lowest BCUT2D eigenvalue weighted by Gasteiger charge is -2.57. The summed E-state index contributed by atoms with van der Waals surface area (Å²) in [4.78, 5) is 2.44. The Kier molecular flexibility index (Phi) is 7.71. The Hall–Kier alpha value is -6.18. The molecule has 280 valence electrons. The summed E-state index contributed by atoms with van der Waals surface area (Å²) in [6, 6.07) is 73.0. The van der Waals surface area contributed by atoms with Gasteiger partial charge in [0.25, 0.3) is 0 Å². The van der Waals surface area contributed by atoms with E-state index >= 15 is 0 Å². The molecule has 0 amide bonds. The van der Waals surface area contributed by atoms with Crippen molar-refractivity contribution in [2.75, 3.05) is 4.90 Å². The van der Waals surface area contributed by atoms with E-state index in [1.54, 1.807) is 5.56 Å². The highest BCUT2D eigenvalue weighted by molar-refractivity contribution is 5.93. The van der Waals surface area contributed by atoms with Crippen molar-refractivity contribution in [3.63, 3.8) is 0 Å². The fourth-order valence-corrected chi connectivity index (χ4v) is 12.6. The van der Waals surface area contributed by atoms with Crippen LogP contribution in [0.2, 0.25) is 0 Å². The van der Waals surface area contributed by atoms with Gasteiger partial charge >= 0.3 is 0 Å². The minimum Gasteiger partial charge on any atom is -0.310 e. The van der Waals surface area contributed by atoms with Crippen molar-refractivity contribution in [2.24, 2.45) is 17.8 Å². The molecule has 0 atom stereocenters. The first-order chi connectivity index (χ1) is 28.6. The predicted octanol–water partition coefficient (Wildman–Crippen LogP) is 14.8. The minimum atomic E-state index is -0.423. The van der Waals surface area contributed by atoms with Crippen LogP contribution in [0.3, 0.4) is 0 Å². The molecule has 1 heteroatoms. The summed E-state index contributed by atoms with van der Waals surface area (Å²) in [5, 5.41) is 2.48. The van der Waals surface area contributed by atoms with Crippen molar-refractivity contribution in [3.8, 4) is 22.3 Å². The molecule has 8 aromatic rings. The van der Waals surface area contributed by atoms with Crippen molar-refractivity contribution in [1.29, 1.82) is 0 Å². The zero-order valence-corrected chi connectivity index (χ0v) is 32.9. The van der Waals surface area contributed by atoms with Crippen molar-refractivity contribution in [2.45, 2.75) is 49.4 Å². The van der Waals surface area contributed by atoms with Gasteiger partial charge in [0.15, 0.2) is 0 Å². The lowest BCUT2D eigenvalue weighted by atomic mass is 9.48. The lowest BCUT2D eigenvalue weighted by Crippen LogP contribution is -2.48. The maximum atomic E-state index is 2.48. The lowest BCUT2D eigenvalue weighted by molar-refractivity contribution is -0.00518. The Morgan fingerprint density at radius 3 is 1.52 bits per heavy atom. The highest BCUT2D eigenvalue weighted by Crippen LogP contribution is 2.61. The first-order valence-electron chi connectivity index (χ1n) is 21.5. The van der Waals surface area contributed by atoms with Gasteiger partial charge in [-0.3, -0.25) is 0 Å². The van der Waals surface area contributed by atoms with Gasteiger partial charge in [-0.05, 0) is 159 Å². The minimum absolute atomic E-state index is 0.423. The number of fused-ring (bicyclic) bond motifs is 4. The second-order valence-corrected chi connectivity index (χ2v) is 17.9. The van der Waals surface area contributed by atoms with Gasteiger partial charge in [-0.25, -0.2) is 0 Å². The van der Waals surface area contributed by atoms with Crippen molar-refractivity contribution in [1.82, 2.24) is 0 Å². The number of hydrogen-bond acceptors (Lipinski definition) is 1. The quantitative estimate of drug-likeness (QED) is 0.157. The van der Waals surface area contributed by atoms with Gasteiger partial charge < -0.3 is 4.90 Å². The van der Waals surface area contributed by atoms with Gasteiger partial charge in [0.1, 0.15) is 0 Å². The van der Waals surface area contributed by atoms with E-state index in [1.807, 2.05) is 0 Å². The standard InChI is InChI=1S/C57H47N/c1-3-13-47(14-4-1)57(48-15-5-2-6-16-48)54-18-10-9-17-52(54)53-35-51(29-30-55(53)57)58(50-28-23-42-11-7-8-12-45(42)34-50)49-26-21-44(22-27-49)43-19-24-46(25-20-43)56-36-39-31-40(37-56)33-41(32-39)38-56/h1-30,34-35,39-41H,31-33,36-38H2. The highest BCUT2D eigenvalue weighted by Gasteiger charge is 2.51. The fourth-order valence-electron chi connectivity index (χ4n) is 12.6. The van der Waals surface area contributed by atoms with Crippen LogP contribution in [0, 0.1) is 17.8 Å². The molecule has 8 aromatic carbocycles. The molecule has 1 nitrogen and oxygen atoms in total. The molecule has 5 aliphatic rings. The molecule has 0 aliphatic heterocycles. The van der Waals surface area contributed by atoms with Crippen LogP contribution < -0.4 is 4.90 Å². The van der Waals surface area contributed by atoms with E-state index in [0.717, 1.165) is 34.8 Å². The SMILES string of the molecule is c1ccc(C2(c3ccccc3)c3ccccc3-c3cc(N(c4ccc(-c5ccc(C67CC8CC(CC(C8)C6)C7)cc5)cc4)c4ccc5ccccc5c4)ccc32)cc1. The smallest absolute Gasteiger partial charge is 0.0713 e. The zero-order chi connectivity index (χ0) is 38.3. The maximum Gasteiger partial charge on any atom is 0.0713 e. The van der Waals surface area contributed by atoms with E-state index in [9.17, 15) is 0 Å². The third kappa shape index (κ3) is 5.22. The zero-order valence-electron chi connectivity index (χ0n) is 32.9. The second-order valence-electron chi connectivity index (χ2n) is 17.9. The number of benzene rings is 8. The second kappa shape index (κ2) is 13.2. The molecule has 0 unspecified atom stereocenters. The monoisotopic (exact) mass is 745 g/mol. The normalized spacial score (nSPS) is 22.1. The molecule has 58 heavy (non-hydrogen) atoms. The van der Waals surface area contributed by atoms with Gasteiger partial charge in [0, 0.05) is 17.1 Å². The van der Waals surface area contributed by atoms with Gasteiger partial charge in [-0.1, -0.05) is 158 Å². The molecular formula is C57H47N. The summed E-state index contributed by atoms with van der Waals surface area (Å²) < 4.78 is 0. The third-order valence-corrected chi connectivity index (χ3v) is 14.7. The van der Waals surface area contributed by atoms with Crippen LogP contribution in [0.1, 0.15) is 66.3 Å². The van der Waals surface area contributed by atoms with Crippen molar-refractivity contribution < 1.29 is 0 Å². The molecule has 4 saturated carbocycles. The highest BCUT2D eigenvalue weighted by atomic mass is 15.1. The number of nitrogens with zero attached hydrogens (tertiary/aromatic N) is 1. The van der Waals surface area contributed by atoms with E-state index in [1.165, 1.54) is 93.8 Å². The third-order valence-electron chi connectivity index (χ3n) is 14.7. The summed E-state index contributed by atoms with van der Waals surface area (Å²) in [5.41, 5.74) is 15.4. The average Bonchev–Trinajstić information content (AvgIpc) is 3.57. The number of anilines is 3. The van der Waals surface area contributed by atoms with Gasteiger partial charge in [-0.2, -0.15) is 0 Å². The van der Waals surface area contributed by atoms with Gasteiger partial charge in [-0.15, -0.1) is 0 Å². The van der Waals surface area contributed by atoms with Crippen LogP contribution in [0.4, 0.5) is 17.1 Å². The molecule has 4 fully saturated rings. The summed E-state index contributed by atoms with van der Waals surface area (Å²) in [6.07, 6.45) is 8.69. The van der Waals surface area contributed by atoms with E-state index in [2.05, 4.69) is 199 Å². The molecule has 0 spiro atoms. The molecule has 0 radical (unpaired) electrons. The van der Waals surface area contributed by atoms with Crippen LogP contribution in [0.15, 0.2) is 194 Å². The van der Waals surface area contributed by atoms with Gasteiger partial charge in [0.05, 0.1) is 5.41 Å². The topological polar surface area (TPSA) is 3.24 Å². The molecule has 4 bridgehead atoms. The number of hydrogen-bond donors (Lipinski definition) is 0. The Labute approximate surface area is 342 Å². The Bertz CT molecular complexity index is 2720. The summed E-state index contributed by atoms with van der Waals surface area (Å²) in [7, 11) is 0. The molecule has 0 saturated heterocycles. The molecule has 13 rings (SSSR count). The van der Waals surface area contributed by atoms with Crippen LogP contribution in [0.5, 0.6) is 0 Å². The molecular weight excluding hydrogens is 699 g/mol. The molecule has 5 aliphatic carbocycles. The fraction of sp³-hybridized carbons (Fsp3) is 0.193. The van der Waals surface area contributed by atoms with E-state index in [0.29, 0.717) is 5.41 Å².